The third-order valence-corrected chi connectivity index (χ3v) is 3.29. The summed E-state index contributed by atoms with van der Waals surface area (Å²) < 4.78 is 5.70. The van der Waals surface area contributed by atoms with Crippen LogP contribution in [0.2, 0.25) is 10.0 Å². The van der Waals surface area contributed by atoms with Crippen molar-refractivity contribution in [1.82, 2.24) is 4.98 Å². The number of nitrogens with zero attached hydrogens (tertiary/aromatic N) is 1. The summed E-state index contributed by atoms with van der Waals surface area (Å²) in [5, 5.41) is 1.16. The highest BCUT2D eigenvalue weighted by Crippen LogP contribution is 2.35. The summed E-state index contributed by atoms with van der Waals surface area (Å²) in [5.74, 6) is 0.672. The Hall–Kier alpha value is -0.730. The third-order valence-electron chi connectivity index (χ3n) is 2.45. The summed E-state index contributed by atoms with van der Waals surface area (Å²) in [6.45, 7) is 7.99. The molecule has 0 aliphatic carbocycles. The molecule has 0 saturated heterocycles. The fourth-order valence-corrected chi connectivity index (χ4v) is 1.89. The van der Waals surface area contributed by atoms with Gasteiger partial charge in [-0.25, -0.2) is 4.98 Å². The third kappa shape index (κ3) is 1.80. The Kier molecular flexibility index (Phi) is 2.67. The second kappa shape index (κ2) is 3.64. The number of aromatic nitrogens is 1. The van der Waals surface area contributed by atoms with Gasteiger partial charge in [0.2, 0.25) is 5.89 Å². The minimum absolute atomic E-state index is 0.136. The maximum absolute atomic E-state index is 6.18. The van der Waals surface area contributed by atoms with Gasteiger partial charge in [-0.05, 0) is 18.6 Å². The molecule has 0 atom stereocenters. The normalized spacial score (nSPS) is 12.4. The van der Waals surface area contributed by atoms with Crippen molar-refractivity contribution in [2.75, 3.05) is 0 Å². The molecule has 1 aromatic carbocycles. The fraction of sp³-hybridized carbons (Fsp3) is 0.417. The molecule has 0 radical (unpaired) electrons. The van der Waals surface area contributed by atoms with Crippen LogP contribution in [0.4, 0.5) is 0 Å². The van der Waals surface area contributed by atoms with E-state index in [1.807, 2.05) is 27.7 Å². The first kappa shape index (κ1) is 11.7. The van der Waals surface area contributed by atoms with Gasteiger partial charge in [-0.2, -0.15) is 0 Å². The van der Waals surface area contributed by atoms with Crippen LogP contribution in [0.5, 0.6) is 0 Å². The van der Waals surface area contributed by atoms with Crippen molar-refractivity contribution in [1.29, 1.82) is 0 Å². The predicted molar refractivity (Wildman–Crippen MR) is 67.5 cm³/mol. The van der Waals surface area contributed by atoms with Crippen LogP contribution < -0.4 is 0 Å². The first-order valence-electron chi connectivity index (χ1n) is 5.06. The lowest BCUT2D eigenvalue weighted by molar-refractivity contribution is 0.411. The second-order valence-electron chi connectivity index (χ2n) is 4.91. The lowest BCUT2D eigenvalue weighted by Gasteiger charge is -2.11. The van der Waals surface area contributed by atoms with Crippen LogP contribution in [-0.2, 0) is 5.41 Å². The van der Waals surface area contributed by atoms with Crippen LogP contribution in [0, 0.1) is 6.92 Å². The van der Waals surface area contributed by atoms with Gasteiger partial charge in [-0.3, -0.25) is 0 Å². The van der Waals surface area contributed by atoms with E-state index in [0.717, 1.165) is 5.56 Å². The molecule has 0 saturated carbocycles. The molecule has 0 unspecified atom stereocenters. The smallest absolute Gasteiger partial charge is 0.200 e. The molecule has 1 heterocycles. The van der Waals surface area contributed by atoms with Crippen LogP contribution in [0.1, 0.15) is 32.2 Å². The molecule has 0 bridgehead atoms. The monoisotopic (exact) mass is 257 g/mol. The summed E-state index contributed by atoms with van der Waals surface area (Å²) in [7, 11) is 0. The number of fused-ring (bicyclic) bond motifs is 1. The molecule has 2 nitrogen and oxygen atoms in total. The highest BCUT2D eigenvalue weighted by molar-refractivity contribution is 6.39. The number of benzene rings is 1. The number of hydrogen-bond acceptors (Lipinski definition) is 2. The van der Waals surface area contributed by atoms with E-state index < -0.39 is 0 Å². The summed E-state index contributed by atoms with van der Waals surface area (Å²) in [6, 6.07) is 1.79. The molecule has 2 rings (SSSR count). The Morgan fingerprint density at radius 3 is 2.44 bits per heavy atom. The van der Waals surface area contributed by atoms with Gasteiger partial charge in [0.25, 0.3) is 0 Å². The van der Waals surface area contributed by atoms with Gasteiger partial charge in [-0.15, -0.1) is 0 Å². The maximum atomic E-state index is 6.18. The quantitative estimate of drug-likeness (QED) is 0.682. The molecule has 0 N–H and O–H groups in total. The summed E-state index contributed by atoms with van der Waals surface area (Å²) in [5.41, 5.74) is 2.02. The van der Waals surface area contributed by atoms with Crippen LogP contribution in [-0.4, -0.2) is 4.98 Å². The van der Waals surface area contributed by atoms with Gasteiger partial charge >= 0.3 is 0 Å². The van der Waals surface area contributed by atoms with Gasteiger partial charge in [-0.1, -0.05) is 44.0 Å². The van der Waals surface area contributed by atoms with Gasteiger partial charge in [0, 0.05) is 10.4 Å². The van der Waals surface area contributed by atoms with E-state index in [0.29, 0.717) is 27.0 Å². The van der Waals surface area contributed by atoms with Crippen LogP contribution >= 0.6 is 23.2 Å². The average molecular weight is 258 g/mol. The number of rotatable bonds is 0. The van der Waals surface area contributed by atoms with Crippen molar-refractivity contribution >= 4 is 34.3 Å². The Balaban J connectivity index is 2.77. The van der Waals surface area contributed by atoms with Crippen molar-refractivity contribution in [3.05, 3.63) is 27.6 Å². The lowest BCUT2D eigenvalue weighted by atomic mass is 9.97. The van der Waals surface area contributed by atoms with Crippen LogP contribution in [0.3, 0.4) is 0 Å². The van der Waals surface area contributed by atoms with Gasteiger partial charge in [0.05, 0.1) is 5.02 Å². The summed E-state index contributed by atoms with van der Waals surface area (Å²) in [4.78, 5) is 4.41. The average Bonchev–Trinajstić information content (AvgIpc) is 2.57. The highest BCUT2D eigenvalue weighted by Gasteiger charge is 2.22. The van der Waals surface area contributed by atoms with E-state index in [-0.39, 0.29) is 5.41 Å². The minimum Gasteiger partial charge on any atom is -0.439 e. The lowest BCUT2D eigenvalue weighted by Crippen LogP contribution is -2.10. The molecule has 16 heavy (non-hydrogen) atoms. The van der Waals surface area contributed by atoms with E-state index in [4.69, 9.17) is 27.6 Å². The molecular formula is C12H13Cl2NO. The number of halogens is 2. The molecule has 2 aromatic rings. The number of hydrogen-bond donors (Lipinski definition) is 0. The van der Waals surface area contributed by atoms with Crippen molar-refractivity contribution in [2.24, 2.45) is 0 Å². The first-order chi connectivity index (χ1) is 7.30. The standard InChI is InChI=1S/C12H13Cl2NO/c1-6-7(13)5-8-10(9(6)14)16-11(15-8)12(2,3)4/h5H,1-4H3. The molecule has 0 aliphatic heterocycles. The Bertz CT molecular complexity index is 552. The fourth-order valence-electron chi connectivity index (χ4n) is 1.41. The zero-order valence-corrected chi connectivity index (χ0v) is 11.2. The molecule has 4 heteroatoms. The second-order valence-corrected chi connectivity index (χ2v) is 5.70. The van der Waals surface area contributed by atoms with Crippen LogP contribution in [0.25, 0.3) is 11.1 Å². The minimum atomic E-state index is -0.136. The summed E-state index contributed by atoms with van der Waals surface area (Å²) in [6.07, 6.45) is 0. The molecule has 0 fully saturated rings. The highest BCUT2D eigenvalue weighted by atomic mass is 35.5. The van der Waals surface area contributed by atoms with E-state index in [1.54, 1.807) is 6.07 Å². The molecule has 86 valence electrons. The Morgan fingerprint density at radius 1 is 1.25 bits per heavy atom. The van der Waals surface area contributed by atoms with Gasteiger partial charge in [0.1, 0.15) is 5.52 Å². The van der Waals surface area contributed by atoms with E-state index >= 15 is 0 Å². The molecule has 0 amide bonds. The molecule has 0 spiro atoms. The topological polar surface area (TPSA) is 26.0 Å². The summed E-state index contributed by atoms with van der Waals surface area (Å²) >= 11 is 12.2. The first-order valence-corrected chi connectivity index (χ1v) is 5.82. The molecule has 1 aromatic heterocycles. The van der Waals surface area contributed by atoms with E-state index in [1.165, 1.54) is 0 Å². The zero-order valence-electron chi connectivity index (χ0n) is 9.69. The molecule has 0 aliphatic rings. The van der Waals surface area contributed by atoms with Crippen molar-refractivity contribution in [2.45, 2.75) is 33.1 Å². The Morgan fingerprint density at radius 2 is 1.88 bits per heavy atom. The van der Waals surface area contributed by atoms with Gasteiger partial charge in [0.15, 0.2) is 5.58 Å². The van der Waals surface area contributed by atoms with E-state index in [2.05, 4.69) is 4.98 Å². The predicted octanol–water partition coefficient (Wildman–Crippen LogP) is 4.74. The van der Waals surface area contributed by atoms with Crippen molar-refractivity contribution in [3.8, 4) is 0 Å². The molecular weight excluding hydrogens is 245 g/mol. The number of oxazole rings is 1. The van der Waals surface area contributed by atoms with Gasteiger partial charge < -0.3 is 4.42 Å². The van der Waals surface area contributed by atoms with Crippen molar-refractivity contribution in [3.63, 3.8) is 0 Å². The van der Waals surface area contributed by atoms with Crippen LogP contribution in [0.15, 0.2) is 10.5 Å². The zero-order chi connectivity index (χ0) is 12.1. The maximum Gasteiger partial charge on any atom is 0.200 e. The SMILES string of the molecule is Cc1c(Cl)cc2nc(C(C)(C)C)oc2c1Cl. The van der Waals surface area contributed by atoms with E-state index in [9.17, 15) is 0 Å². The Labute approximate surface area is 105 Å². The van der Waals surface area contributed by atoms with Crippen molar-refractivity contribution < 1.29 is 4.42 Å². The largest absolute Gasteiger partial charge is 0.439 e.